The van der Waals surface area contributed by atoms with Gasteiger partial charge in [0.15, 0.2) is 6.29 Å². The second-order valence-electron chi connectivity index (χ2n) is 10.4. The van der Waals surface area contributed by atoms with Crippen LogP contribution in [0.4, 0.5) is 0 Å². The maximum Gasteiger partial charge on any atom is 0.397 e. The summed E-state index contributed by atoms with van der Waals surface area (Å²) in [6.45, 7) is 2.86. The lowest BCUT2D eigenvalue weighted by atomic mass is 9.99. The van der Waals surface area contributed by atoms with Crippen LogP contribution in [0.15, 0.2) is 24.3 Å². The molecule has 1 fully saturated rings. The lowest BCUT2D eigenvalue weighted by Gasteiger charge is -2.41. The molecule has 1 aliphatic rings. The summed E-state index contributed by atoms with van der Waals surface area (Å²) in [4.78, 5) is 11.5. The van der Waals surface area contributed by atoms with Gasteiger partial charge in [-0.05, 0) is 38.5 Å². The average Bonchev–Trinajstić information content (AvgIpc) is 2.93. The van der Waals surface area contributed by atoms with Crippen LogP contribution in [0.2, 0.25) is 0 Å². The molecule has 0 aromatic heterocycles. The van der Waals surface area contributed by atoms with E-state index < -0.39 is 59.8 Å². The number of unbranched alkanes of at least 4 members (excludes halogenated alkanes) is 9. The Balaban J connectivity index is 2.25. The summed E-state index contributed by atoms with van der Waals surface area (Å²) in [5, 5.41) is 29.9. The van der Waals surface area contributed by atoms with Gasteiger partial charge in [0.1, 0.15) is 30.5 Å². The highest BCUT2D eigenvalue weighted by atomic mass is 32.3. The number of aliphatic hydroxyl groups is 3. The van der Waals surface area contributed by atoms with Crippen molar-refractivity contribution in [2.75, 3.05) is 26.4 Å². The maximum atomic E-state index is 11.5. The molecule has 0 aliphatic carbocycles. The summed E-state index contributed by atoms with van der Waals surface area (Å²) in [7, 11) is -5.03. The lowest BCUT2D eigenvalue weighted by Crippen LogP contribution is -2.60. The molecule has 13 heteroatoms. The molecular weight excluding hydrogens is 572 g/mol. The Labute approximate surface area is 251 Å². The van der Waals surface area contributed by atoms with Crippen molar-refractivity contribution in [2.45, 2.75) is 128 Å². The standard InChI is InChI=1S/C29H52O12S/c1-3-4-5-6-7-8-9-10-11-12-13-14-15-16-17-18-19-37-21-24(39-23(2)31)22-38-29-27(33)28(41-42(34,35)36)26(32)25(20-30)40-29/h7-8,10-11,24-30,32-33H,3-6,9,12-22H2,1-2H3,(H,34,35,36)/b8-7-,11-10-. The van der Waals surface area contributed by atoms with E-state index in [1.165, 1.54) is 45.4 Å². The SMILES string of the molecule is CCCCC/C=C\C/C=C\CCCCCCCCOCC(COC1OC(CO)C(O)C(OS(=O)(=O)O)C1O)OC(C)=O. The van der Waals surface area contributed by atoms with E-state index in [1.54, 1.807) is 0 Å². The smallest absolute Gasteiger partial charge is 0.397 e. The molecule has 246 valence electrons. The number of hydrogen-bond donors (Lipinski definition) is 4. The Morgan fingerprint density at radius 1 is 0.905 bits per heavy atom. The second-order valence-corrected chi connectivity index (χ2v) is 11.5. The predicted molar refractivity (Wildman–Crippen MR) is 156 cm³/mol. The Kier molecular flexibility index (Phi) is 21.2. The Bertz CT molecular complexity index is 863. The van der Waals surface area contributed by atoms with Gasteiger partial charge in [-0.1, -0.05) is 69.8 Å². The van der Waals surface area contributed by atoms with Gasteiger partial charge >= 0.3 is 16.4 Å². The van der Waals surface area contributed by atoms with Crippen molar-refractivity contribution in [1.29, 1.82) is 0 Å². The molecule has 1 aliphatic heterocycles. The van der Waals surface area contributed by atoms with Crippen LogP contribution >= 0.6 is 0 Å². The number of esters is 1. The van der Waals surface area contributed by atoms with Crippen molar-refractivity contribution in [1.82, 2.24) is 0 Å². The van der Waals surface area contributed by atoms with Crippen LogP contribution in [-0.2, 0) is 38.3 Å². The molecule has 0 amide bonds. The molecule has 0 radical (unpaired) electrons. The zero-order valence-electron chi connectivity index (χ0n) is 25.1. The number of carbonyl (C=O) groups excluding carboxylic acids is 1. The normalized spacial score (nSPS) is 24.0. The number of carbonyl (C=O) groups is 1. The van der Waals surface area contributed by atoms with Gasteiger partial charge in [-0.2, -0.15) is 8.42 Å². The Morgan fingerprint density at radius 2 is 1.52 bits per heavy atom. The molecule has 0 spiro atoms. The molecule has 0 saturated carbocycles. The van der Waals surface area contributed by atoms with Crippen molar-refractivity contribution in [3.05, 3.63) is 24.3 Å². The minimum atomic E-state index is -5.03. The highest BCUT2D eigenvalue weighted by molar-refractivity contribution is 7.80. The molecule has 0 aromatic carbocycles. The third-order valence-electron chi connectivity index (χ3n) is 6.63. The second kappa shape index (κ2) is 23.0. The first-order valence-corrected chi connectivity index (χ1v) is 16.4. The molecule has 12 nitrogen and oxygen atoms in total. The van der Waals surface area contributed by atoms with Gasteiger partial charge in [-0.3, -0.25) is 9.35 Å². The molecule has 4 N–H and O–H groups in total. The van der Waals surface area contributed by atoms with Gasteiger partial charge in [-0.25, -0.2) is 4.18 Å². The van der Waals surface area contributed by atoms with Gasteiger partial charge in [0.05, 0.1) is 19.8 Å². The molecule has 42 heavy (non-hydrogen) atoms. The highest BCUT2D eigenvalue weighted by Crippen LogP contribution is 2.25. The summed E-state index contributed by atoms with van der Waals surface area (Å²) in [5.41, 5.74) is 0. The largest absolute Gasteiger partial charge is 0.458 e. The average molecular weight is 625 g/mol. The van der Waals surface area contributed by atoms with Crippen LogP contribution < -0.4 is 0 Å². The number of ether oxygens (including phenoxy) is 4. The summed E-state index contributed by atoms with van der Waals surface area (Å²) in [6, 6.07) is 0. The number of hydrogen-bond acceptors (Lipinski definition) is 11. The molecular formula is C29H52O12S. The van der Waals surface area contributed by atoms with E-state index in [0.717, 1.165) is 38.5 Å². The fourth-order valence-electron chi connectivity index (χ4n) is 4.41. The number of allylic oxidation sites excluding steroid dienone is 4. The minimum Gasteiger partial charge on any atom is -0.458 e. The monoisotopic (exact) mass is 624 g/mol. The van der Waals surface area contributed by atoms with Crippen LogP contribution in [0.1, 0.15) is 90.9 Å². The van der Waals surface area contributed by atoms with Crippen molar-refractivity contribution in [3.8, 4) is 0 Å². The molecule has 0 aromatic rings. The third-order valence-corrected chi connectivity index (χ3v) is 7.09. The van der Waals surface area contributed by atoms with E-state index in [2.05, 4.69) is 35.4 Å². The topological polar surface area (TPSA) is 178 Å². The Hall–Kier alpha value is -1.42. The number of aliphatic hydroxyl groups excluding tert-OH is 3. The first kappa shape index (κ1) is 38.6. The maximum absolute atomic E-state index is 11.5. The molecule has 1 heterocycles. The van der Waals surface area contributed by atoms with E-state index in [-0.39, 0.29) is 13.2 Å². The van der Waals surface area contributed by atoms with Crippen molar-refractivity contribution in [2.24, 2.45) is 0 Å². The summed E-state index contributed by atoms with van der Waals surface area (Å²) in [5.74, 6) is -0.581. The fraction of sp³-hybridized carbons (Fsp3) is 0.828. The van der Waals surface area contributed by atoms with E-state index in [1.807, 2.05) is 0 Å². The van der Waals surface area contributed by atoms with Crippen LogP contribution in [0.3, 0.4) is 0 Å². The highest BCUT2D eigenvalue weighted by Gasteiger charge is 2.47. The number of rotatable bonds is 24. The summed E-state index contributed by atoms with van der Waals surface area (Å²) in [6.07, 6.45) is 13.3. The van der Waals surface area contributed by atoms with Crippen LogP contribution in [0.25, 0.3) is 0 Å². The van der Waals surface area contributed by atoms with Crippen LogP contribution in [0, 0.1) is 0 Å². The van der Waals surface area contributed by atoms with E-state index in [0.29, 0.717) is 6.61 Å². The molecule has 6 atom stereocenters. The quantitative estimate of drug-likeness (QED) is 0.0533. The summed E-state index contributed by atoms with van der Waals surface area (Å²) < 4.78 is 57.1. The molecule has 1 saturated heterocycles. The molecule has 6 unspecified atom stereocenters. The van der Waals surface area contributed by atoms with Gasteiger partial charge in [0, 0.05) is 13.5 Å². The van der Waals surface area contributed by atoms with Gasteiger partial charge in [0.25, 0.3) is 0 Å². The van der Waals surface area contributed by atoms with Gasteiger partial charge < -0.3 is 34.3 Å². The van der Waals surface area contributed by atoms with Gasteiger partial charge in [0.2, 0.25) is 0 Å². The van der Waals surface area contributed by atoms with Crippen LogP contribution in [-0.4, -0.2) is 97.5 Å². The van der Waals surface area contributed by atoms with Gasteiger partial charge in [-0.15, -0.1) is 0 Å². The lowest BCUT2D eigenvalue weighted by molar-refractivity contribution is -0.301. The van der Waals surface area contributed by atoms with Crippen molar-refractivity contribution in [3.63, 3.8) is 0 Å². The summed E-state index contributed by atoms with van der Waals surface area (Å²) >= 11 is 0. The van der Waals surface area contributed by atoms with E-state index in [4.69, 9.17) is 23.5 Å². The predicted octanol–water partition coefficient (Wildman–Crippen LogP) is 3.39. The fourth-order valence-corrected chi connectivity index (χ4v) is 4.91. The molecule has 1 rings (SSSR count). The third kappa shape index (κ3) is 18.3. The van der Waals surface area contributed by atoms with E-state index in [9.17, 15) is 28.5 Å². The minimum absolute atomic E-state index is 0.0136. The van der Waals surface area contributed by atoms with Crippen LogP contribution in [0.5, 0.6) is 0 Å². The zero-order valence-corrected chi connectivity index (χ0v) is 25.9. The van der Waals surface area contributed by atoms with Crippen molar-refractivity contribution >= 4 is 16.4 Å². The van der Waals surface area contributed by atoms with Crippen molar-refractivity contribution < 1.29 is 56.2 Å². The zero-order chi connectivity index (χ0) is 31.2. The first-order chi connectivity index (χ1) is 20.1. The van der Waals surface area contributed by atoms with E-state index >= 15 is 0 Å². The molecule has 0 bridgehead atoms. The first-order valence-electron chi connectivity index (χ1n) is 15.0. The Morgan fingerprint density at radius 3 is 2.12 bits per heavy atom.